The van der Waals surface area contributed by atoms with Gasteiger partial charge >= 0.3 is 0 Å². The fourth-order valence-electron chi connectivity index (χ4n) is 3.92. The van der Waals surface area contributed by atoms with Gasteiger partial charge < -0.3 is 15.2 Å². The molecule has 3 rings (SSSR count). The Morgan fingerprint density at radius 1 is 1.19 bits per heavy atom. The topological polar surface area (TPSA) is 44.5 Å². The van der Waals surface area contributed by atoms with Crippen LogP contribution >= 0.6 is 0 Å². The van der Waals surface area contributed by atoms with Gasteiger partial charge in [-0.2, -0.15) is 0 Å². The number of nitrogens with two attached hydrogens (primary N) is 1. The summed E-state index contributed by atoms with van der Waals surface area (Å²) in [7, 11) is 0. The Morgan fingerprint density at radius 3 is 2.67 bits per heavy atom. The Bertz CT molecular complexity index is 488. The molecule has 0 radical (unpaired) electrons. The zero-order chi connectivity index (χ0) is 14.9. The molecule has 2 aliphatic heterocycles. The third kappa shape index (κ3) is 3.15. The molecule has 2 heterocycles. The molecule has 2 aliphatic rings. The molecule has 0 aromatic heterocycles. The van der Waals surface area contributed by atoms with Gasteiger partial charge in [0.2, 0.25) is 0 Å². The van der Waals surface area contributed by atoms with Gasteiger partial charge in [-0.1, -0.05) is 23.8 Å². The molecular formula is C18H27NO2. The van der Waals surface area contributed by atoms with Gasteiger partial charge in [0.15, 0.2) is 0 Å². The van der Waals surface area contributed by atoms with Crippen LogP contribution < -0.4 is 5.73 Å². The predicted molar refractivity (Wildman–Crippen MR) is 84.3 cm³/mol. The van der Waals surface area contributed by atoms with Crippen LogP contribution in [0.15, 0.2) is 18.2 Å². The van der Waals surface area contributed by atoms with Gasteiger partial charge in [-0.3, -0.25) is 0 Å². The minimum Gasteiger partial charge on any atom is -0.381 e. The number of hydrogen-bond donors (Lipinski definition) is 1. The first-order valence-electron chi connectivity index (χ1n) is 8.14. The average Bonchev–Trinajstić information content (AvgIpc) is 2.47. The van der Waals surface area contributed by atoms with Crippen molar-refractivity contribution in [1.29, 1.82) is 0 Å². The molecule has 2 unspecified atom stereocenters. The van der Waals surface area contributed by atoms with Gasteiger partial charge in [-0.05, 0) is 56.6 Å². The summed E-state index contributed by atoms with van der Waals surface area (Å²) in [5.74, 6) is 0.512. The second-order valence-electron chi connectivity index (χ2n) is 6.78. The number of rotatable bonds is 2. The summed E-state index contributed by atoms with van der Waals surface area (Å²) in [5.41, 5.74) is 10.6. The molecule has 1 aromatic rings. The van der Waals surface area contributed by atoms with Crippen molar-refractivity contribution < 1.29 is 9.47 Å². The van der Waals surface area contributed by atoms with Crippen LogP contribution in [-0.4, -0.2) is 25.4 Å². The molecule has 0 aliphatic carbocycles. The van der Waals surface area contributed by atoms with E-state index in [1.54, 1.807) is 0 Å². The fraction of sp³-hybridized carbons (Fsp3) is 0.667. The van der Waals surface area contributed by atoms with Crippen LogP contribution in [0.5, 0.6) is 0 Å². The fourth-order valence-corrected chi connectivity index (χ4v) is 3.92. The van der Waals surface area contributed by atoms with Gasteiger partial charge in [0.1, 0.15) is 0 Å². The molecule has 1 spiro atoms. The minimum atomic E-state index is 0.0252. The first-order chi connectivity index (χ1) is 10.1. The van der Waals surface area contributed by atoms with Crippen molar-refractivity contribution >= 4 is 0 Å². The van der Waals surface area contributed by atoms with E-state index in [4.69, 9.17) is 15.2 Å². The summed E-state index contributed by atoms with van der Waals surface area (Å²) >= 11 is 0. The van der Waals surface area contributed by atoms with Crippen molar-refractivity contribution in [3.63, 3.8) is 0 Å². The van der Waals surface area contributed by atoms with Crippen LogP contribution in [0.4, 0.5) is 0 Å². The number of benzene rings is 1. The summed E-state index contributed by atoms with van der Waals surface area (Å²) in [6.07, 6.45) is 4.17. The molecule has 2 N–H and O–H groups in total. The summed E-state index contributed by atoms with van der Waals surface area (Å²) in [6, 6.07) is 6.74. The van der Waals surface area contributed by atoms with Crippen LogP contribution in [0, 0.1) is 19.8 Å². The smallest absolute Gasteiger partial charge is 0.0729 e. The highest BCUT2D eigenvalue weighted by molar-refractivity contribution is 5.33. The molecule has 1 aromatic carbocycles. The Balaban J connectivity index is 1.76. The van der Waals surface area contributed by atoms with Crippen LogP contribution in [0.1, 0.15) is 48.4 Å². The molecule has 0 bridgehead atoms. The first kappa shape index (κ1) is 15.0. The third-order valence-electron chi connectivity index (χ3n) is 5.23. The maximum Gasteiger partial charge on any atom is 0.0729 e. The molecule has 116 valence electrons. The predicted octanol–water partition coefficient (Wildman–Crippen LogP) is 3.28. The third-order valence-corrected chi connectivity index (χ3v) is 5.23. The molecule has 2 fully saturated rings. The maximum atomic E-state index is 6.62. The highest BCUT2D eigenvalue weighted by Crippen LogP contribution is 2.41. The van der Waals surface area contributed by atoms with E-state index in [9.17, 15) is 0 Å². The maximum absolute atomic E-state index is 6.62. The van der Waals surface area contributed by atoms with Gasteiger partial charge in [-0.25, -0.2) is 0 Å². The van der Waals surface area contributed by atoms with Crippen LogP contribution in [0.25, 0.3) is 0 Å². The van der Waals surface area contributed by atoms with E-state index in [1.165, 1.54) is 16.7 Å². The lowest BCUT2D eigenvalue weighted by Gasteiger charge is -2.45. The highest BCUT2D eigenvalue weighted by Gasteiger charge is 2.40. The van der Waals surface area contributed by atoms with Crippen molar-refractivity contribution in [1.82, 2.24) is 0 Å². The van der Waals surface area contributed by atoms with Crippen molar-refractivity contribution in [3.05, 3.63) is 34.9 Å². The van der Waals surface area contributed by atoms with Gasteiger partial charge in [0, 0.05) is 25.9 Å². The second-order valence-corrected chi connectivity index (χ2v) is 6.78. The summed E-state index contributed by atoms with van der Waals surface area (Å²) in [6.45, 7) is 6.79. The standard InChI is InChI=1S/C18H27NO2/c1-13-3-4-16(14(2)11-13)17(19)15-5-8-21-18(12-15)6-9-20-10-7-18/h3-4,11,15,17H,5-10,12,19H2,1-2H3. The molecule has 0 amide bonds. The van der Waals surface area contributed by atoms with E-state index in [2.05, 4.69) is 32.0 Å². The monoisotopic (exact) mass is 289 g/mol. The van der Waals surface area contributed by atoms with E-state index in [0.717, 1.165) is 45.5 Å². The van der Waals surface area contributed by atoms with Crippen molar-refractivity contribution in [3.8, 4) is 0 Å². The molecule has 3 heteroatoms. The average molecular weight is 289 g/mol. The molecule has 3 nitrogen and oxygen atoms in total. The molecular weight excluding hydrogens is 262 g/mol. The molecule has 2 atom stereocenters. The Morgan fingerprint density at radius 2 is 1.95 bits per heavy atom. The van der Waals surface area contributed by atoms with E-state index >= 15 is 0 Å². The summed E-state index contributed by atoms with van der Waals surface area (Å²) in [5, 5.41) is 0. The van der Waals surface area contributed by atoms with Gasteiger partial charge in [0.25, 0.3) is 0 Å². The number of ether oxygens (including phenoxy) is 2. The van der Waals surface area contributed by atoms with Crippen LogP contribution in [0.2, 0.25) is 0 Å². The number of aryl methyl sites for hydroxylation is 2. The largest absolute Gasteiger partial charge is 0.381 e. The Hall–Kier alpha value is -0.900. The summed E-state index contributed by atoms with van der Waals surface area (Å²) in [4.78, 5) is 0. The van der Waals surface area contributed by atoms with Crippen molar-refractivity contribution in [2.75, 3.05) is 19.8 Å². The zero-order valence-electron chi connectivity index (χ0n) is 13.2. The lowest BCUT2D eigenvalue weighted by Crippen LogP contribution is -2.46. The van der Waals surface area contributed by atoms with Crippen LogP contribution in [-0.2, 0) is 9.47 Å². The van der Waals surface area contributed by atoms with E-state index in [1.807, 2.05) is 0 Å². The molecule has 2 saturated heterocycles. The Kier molecular flexibility index (Phi) is 4.34. The minimum absolute atomic E-state index is 0.0252. The highest BCUT2D eigenvalue weighted by atomic mass is 16.5. The first-order valence-corrected chi connectivity index (χ1v) is 8.14. The van der Waals surface area contributed by atoms with Gasteiger partial charge in [-0.15, -0.1) is 0 Å². The van der Waals surface area contributed by atoms with Gasteiger partial charge in [0.05, 0.1) is 5.60 Å². The SMILES string of the molecule is Cc1ccc(C(N)C2CCOC3(CCOCC3)C2)c(C)c1. The van der Waals surface area contributed by atoms with Crippen molar-refractivity contribution in [2.24, 2.45) is 11.7 Å². The Labute approximate surface area is 127 Å². The lowest BCUT2D eigenvalue weighted by molar-refractivity contribution is -0.149. The van der Waals surface area contributed by atoms with E-state index < -0.39 is 0 Å². The van der Waals surface area contributed by atoms with E-state index in [-0.39, 0.29) is 11.6 Å². The normalized spacial score (nSPS) is 26.7. The quantitative estimate of drug-likeness (QED) is 0.908. The molecule has 0 saturated carbocycles. The summed E-state index contributed by atoms with van der Waals surface area (Å²) < 4.78 is 11.6. The van der Waals surface area contributed by atoms with Crippen molar-refractivity contribution in [2.45, 2.75) is 51.2 Å². The van der Waals surface area contributed by atoms with E-state index in [0.29, 0.717) is 5.92 Å². The lowest BCUT2D eigenvalue weighted by atomic mass is 9.76. The van der Waals surface area contributed by atoms with Crippen LogP contribution in [0.3, 0.4) is 0 Å². The zero-order valence-corrected chi connectivity index (χ0v) is 13.2. The second kappa shape index (κ2) is 6.07. The number of hydrogen-bond acceptors (Lipinski definition) is 3. The molecule has 21 heavy (non-hydrogen) atoms.